The Morgan fingerprint density at radius 2 is 1.88 bits per heavy atom. The predicted octanol–water partition coefficient (Wildman–Crippen LogP) is 4.49. The first-order valence-electron chi connectivity index (χ1n) is 7.62. The highest BCUT2D eigenvalue weighted by Gasteiger charge is 2.26. The van der Waals surface area contributed by atoms with Crippen molar-refractivity contribution < 1.29 is 9.18 Å². The lowest BCUT2D eigenvalue weighted by molar-refractivity contribution is 0.0985. The molecule has 0 fully saturated rings. The van der Waals surface area contributed by atoms with Crippen molar-refractivity contribution >= 4 is 23.2 Å². The summed E-state index contributed by atoms with van der Waals surface area (Å²) in [6, 6.07) is 15.6. The second-order valence-corrected chi connectivity index (χ2v) is 6.18. The van der Waals surface area contributed by atoms with Gasteiger partial charge in [0.1, 0.15) is 5.82 Å². The molecular formula is C19H14ClFN2O. The van der Waals surface area contributed by atoms with Crippen LogP contribution in [-0.4, -0.2) is 10.5 Å². The number of aromatic nitrogens is 1. The molecule has 24 heavy (non-hydrogen) atoms. The first kappa shape index (κ1) is 15.0. The zero-order valence-corrected chi connectivity index (χ0v) is 13.5. The number of hydrogen-bond donors (Lipinski definition) is 0. The van der Waals surface area contributed by atoms with Crippen molar-refractivity contribution in [2.24, 2.45) is 0 Å². The van der Waals surface area contributed by atoms with Crippen LogP contribution in [-0.2, 0) is 13.1 Å². The minimum Gasteiger partial charge on any atom is -0.345 e. The maximum atomic E-state index is 13.3. The van der Waals surface area contributed by atoms with E-state index in [1.165, 1.54) is 18.2 Å². The Labute approximate surface area is 143 Å². The van der Waals surface area contributed by atoms with E-state index >= 15 is 0 Å². The summed E-state index contributed by atoms with van der Waals surface area (Å²) >= 11 is 6.10. The summed E-state index contributed by atoms with van der Waals surface area (Å²) in [5, 5.41) is 0.122. The zero-order valence-electron chi connectivity index (χ0n) is 12.7. The van der Waals surface area contributed by atoms with Gasteiger partial charge >= 0.3 is 0 Å². The molecule has 0 bridgehead atoms. The Morgan fingerprint density at radius 1 is 1.04 bits per heavy atom. The molecule has 2 aromatic carbocycles. The number of para-hydroxylation sites is 1. The van der Waals surface area contributed by atoms with Crippen LogP contribution in [0.15, 0.2) is 60.8 Å². The highest BCUT2D eigenvalue weighted by atomic mass is 35.5. The van der Waals surface area contributed by atoms with Gasteiger partial charge < -0.3 is 9.47 Å². The zero-order chi connectivity index (χ0) is 16.7. The number of halogens is 2. The van der Waals surface area contributed by atoms with Crippen LogP contribution in [0.2, 0.25) is 5.02 Å². The first-order chi connectivity index (χ1) is 11.6. The lowest BCUT2D eigenvalue weighted by Gasteiger charge is -2.23. The van der Waals surface area contributed by atoms with Gasteiger partial charge in [-0.2, -0.15) is 0 Å². The quantitative estimate of drug-likeness (QED) is 0.640. The topological polar surface area (TPSA) is 25.2 Å². The number of hydrogen-bond acceptors (Lipinski definition) is 1. The van der Waals surface area contributed by atoms with E-state index in [0.717, 1.165) is 16.9 Å². The molecule has 0 saturated heterocycles. The average molecular weight is 341 g/mol. The number of fused-ring (bicyclic) bond motifs is 2. The van der Waals surface area contributed by atoms with Crippen LogP contribution in [0.1, 0.15) is 21.6 Å². The predicted molar refractivity (Wildman–Crippen MR) is 91.9 cm³/mol. The molecule has 0 radical (unpaired) electrons. The molecule has 0 aliphatic carbocycles. The van der Waals surface area contributed by atoms with Gasteiger partial charge in [-0.25, -0.2) is 4.39 Å². The molecule has 4 rings (SSSR count). The number of rotatable bonds is 1. The van der Waals surface area contributed by atoms with Gasteiger partial charge in [0, 0.05) is 24.1 Å². The molecule has 5 heteroatoms. The van der Waals surface area contributed by atoms with E-state index in [9.17, 15) is 9.18 Å². The lowest BCUT2D eigenvalue weighted by Crippen LogP contribution is -2.30. The van der Waals surface area contributed by atoms with Crippen molar-refractivity contribution in [3.8, 4) is 0 Å². The standard InChI is InChI=1S/C19H14ClFN2O/c20-17-10-14(21)7-8-16(17)19(24)23-12-15-5-3-9-22(15)11-13-4-1-2-6-18(13)23/h1-10H,11-12H2. The normalized spacial score (nSPS) is 13.2. The lowest BCUT2D eigenvalue weighted by atomic mass is 10.1. The Kier molecular flexibility index (Phi) is 3.62. The van der Waals surface area contributed by atoms with Crippen molar-refractivity contribution in [3.05, 3.63) is 88.5 Å². The minimum atomic E-state index is -0.457. The molecule has 1 amide bonds. The van der Waals surface area contributed by atoms with Crippen LogP contribution in [0, 0.1) is 5.82 Å². The molecule has 0 N–H and O–H groups in total. The molecule has 0 atom stereocenters. The van der Waals surface area contributed by atoms with Crippen molar-refractivity contribution in [1.29, 1.82) is 0 Å². The van der Waals surface area contributed by atoms with Crippen LogP contribution < -0.4 is 4.90 Å². The van der Waals surface area contributed by atoms with E-state index in [-0.39, 0.29) is 10.9 Å². The Hall–Kier alpha value is -2.59. The van der Waals surface area contributed by atoms with E-state index in [0.29, 0.717) is 18.7 Å². The summed E-state index contributed by atoms with van der Waals surface area (Å²) in [4.78, 5) is 14.8. The number of amides is 1. The fourth-order valence-electron chi connectivity index (χ4n) is 3.08. The molecule has 3 aromatic rings. The first-order valence-corrected chi connectivity index (χ1v) is 8.00. The highest BCUT2D eigenvalue weighted by molar-refractivity contribution is 6.34. The molecule has 1 aliphatic heterocycles. The largest absolute Gasteiger partial charge is 0.345 e. The minimum absolute atomic E-state index is 0.122. The Balaban J connectivity index is 1.83. The number of anilines is 1. The number of carbonyl (C=O) groups excluding carboxylic acids is 1. The van der Waals surface area contributed by atoms with Gasteiger partial charge in [-0.3, -0.25) is 4.79 Å². The summed E-state index contributed by atoms with van der Waals surface area (Å²) in [5.74, 6) is -0.691. The van der Waals surface area contributed by atoms with Gasteiger partial charge in [0.2, 0.25) is 0 Å². The summed E-state index contributed by atoms with van der Waals surface area (Å²) < 4.78 is 15.4. The summed E-state index contributed by atoms with van der Waals surface area (Å²) in [7, 11) is 0. The summed E-state index contributed by atoms with van der Waals surface area (Å²) in [6.45, 7) is 1.15. The Morgan fingerprint density at radius 3 is 2.71 bits per heavy atom. The fraction of sp³-hybridized carbons (Fsp3) is 0.105. The molecule has 0 unspecified atom stereocenters. The number of benzene rings is 2. The smallest absolute Gasteiger partial charge is 0.260 e. The molecule has 120 valence electrons. The van der Waals surface area contributed by atoms with Crippen molar-refractivity contribution in [2.75, 3.05) is 4.90 Å². The van der Waals surface area contributed by atoms with Gasteiger partial charge in [-0.1, -0.05) is 29.8 Å². The summed E-state index contributed by atoms with van der Waals surface area (Å²) in [6.07, 6.45) is 2.00. The monoisotopic (exact) mass is 340 g/mol. The van der Waals surface area contributed by atoms with Gasteiger partial charge in [0.15, 0.2) is 0 Å². The van der Waals surface area contributed by atoms with Crippen molar-refractivity contribution in [2.45, 2.75) is 13.1 Å². The molecule has 1 aliphatic rings. The summed E-state index contributed by atoms with van der Waals surface area (Å²) in [5.41, 5.74) is 3.25. The third-order valence-corrected chi connectivity index (χ3v) is 4.59. The van der Waals surface area contributed by atoms with E-state index in [4.69, 9.17) is 11.6 Å². The van der Waals surface area contributed by atoms with Crippen LogP contribution >= 0.6 is 11.6 Å². The molecule has 2 heterocycles. The fourth-order valence-corrected chi connectivity index (χ4v) is 3.32. The van der Waals surface area contributed by atoms with Crippen LogP contribution in [0.3, 0.4) is 0 Å². The SMILES string of the molecule is O=C(c1ccc(F)cc1Cl)N1Cc2cccn2Cc2ccccc21. The molecular weight excluding hydrogens is 327 g/mol. The van der Waals surface area contributed by atoms with Crippen LogP contribution in [0.5, 0.6) is 0 Å². The molecule has 1 aromatic heterocycles. The van der Waals surface area contributed by atoms with Crippen molar-refractivity contribution in [3.63, 3.8) is 0 Å². The van der Waals surface area contributed by atoms with Crippen LogP contribution in [0.4, 0.5) is 10.1 Å². The third kappa shape index (κ3) is 2.49. The second kappa shape index (κ2) is 5.80. The van der Waals surface area contributed by atoms with Gasteiger partial charge in [-0.05, 0) is 42.0 Å². The average Bonchev–Trinajstić information content (AvgIpc) is 2.93. The molecule has 3 nitrogen and oxygen atoms in total. The maximum Gasteiger partial charge on any atom is 0.260 e. The van der Waals surface area contributed by atoms with Gasteiger partial charge in [-0.15, -0.1) is 0 Å². The van der Waals surface area contributed by atoms with Gasteiger partial charge in [0.25, 0.3) is 5.91 Å². The Bertz CT molecular complexity index is 935. The van der Waals surface area contributed by atoms with E-state index in [2.05, 4.69) is 4.57 Å². The second-order valence-electron chi connectivity index (χ2n) is 5.77. The third-order valence-electron chi connectivity index (χ3n) is 4.27. The van der Waals surface area contributed by atoms with Crippen LogP contribution in [0.25, 0.3) is 0 Å². The van der Waals surface area contributed by atoms with E-state index in [1.54, 1.807) is 4.90 Å². The van der Waals surface area contributed by atoms with E-state index in [1.807, 2.05) is 42.6 Å². The number of nitrogens with zero attached hydrogens (tertiary/aromatic N) is 2. The molecule has 0 saturated carbocycles. The van der Waals surface area contributed by atoms with Gasteiger partial charge in [0.05, 0.1) is 17.1 Å². The number of carbonyl (C=O) groups is 1. The maximum absolute atomic E-state index is 13.3. The van der Waals surface area contributed by atoms with Crippen molar-refractivity contribution in [1.82, 2.24) is 4.57 Å². The van der Waals surface area contributed by atoms with E-state index < -0.39 is 5.82 Å². The molecule has 0 spiro atoms. The highest BCUT2D eigenvalue weighted by Crippen LogP contribution is 2.30.